The topological polar surface area (TPSA) is 107 Å². The molecule has 0 bridgehead atoms. The van der Waals surface area contributed by atoms with E-state index in [1.54, 1.807) is 20.8 Å². The Labute approximate surface area is 93.5 Å². The number of aliphatic hydroxyl groups excluding tert-OH is 3. The van der Waals surface area contributed by atoms with E-state index in [1.165, 1.54) is 0 Å². The average molecular weight is 234 g/mol. The van der Waals surface area contributed by atoms with Crippen molar-refractivity contribution in [3.63, 3.8) is 0 Å². The fraction of sp³-hybridized carbons (Fsp3) is 0.900. The van der Waals surface area contributed by atoms with Crippen molar-refractivity contribution in [2.24, 2.45) is 5.41 Å². The van der Waals surface area contributed by atoms with Gasteiger partial charge in [0.1, 0.15) is 18.3 Å². The van der Waals surface area contributed by atoms with E-state index in [0.29, 0.717) is 0 Å². The van der Waals surface area contributed by atoms with Crippen LogP contribution < -0.4 is 0 Å². The zero-order valence-electron chi connectivity index (χ0n) is 9.49. The second kappa shape index (κ2) is 4.29. The number of aliphatic carboxylic acids is 1. The molecule has 0 radical (unpaired) electrons. The molecule has 0 aromatic heterocycles. The molecular formula is C10H18O6. The maximum atomic E-state index is 10.8. The summed E-state index contributed by atoms with van der Waals surface area (Å²) in [6.45, 7) is 5.26. The van der Waals surface area contributed by atoms with Crippen LogP contribution in [0.3, 0.4) is 0 Å². The summed E-state index contributed by atoms with van der Waals surface area (Å²) < 4.78 is 5.15. The monoisotopic (exact) mass is 234 g/mol. The van der Waals surface area contributed by atoms with E-state index in [2.05, 4.69) is 0 Å². The maximum absolute atomic E-state index is 10.8. The van der Waals surface area contributed by atoms with Crippen molar-refractivity contribution in [2.45, 2.75) is 51.3 Å². The molecule has 4 N–H and O–H groups in total. The number of ether oxygens (including phenoxy) is 1. The van der Waals surface area contributed by atoms with Crippen molar-refractivity contribution in [3.8, 4) is 0 Å². The Morgan fingerprint density at radius 1 is 1.06 bits per heavy atom. The lowest BCUT2D eigenvalue weighted by Crippen LogP contribution is -2.62. The molecule has 0 spiro atoms. The fourth-order valence-electron chi connectivity index (χ4n) is 1.80. The molecule has 5 atom stereocenters. The third-order valence-corrected chi connectivity index (χ3v) is 2.71. The van der Waals surface area contributed by atoms with Crippen LogP contribution in [0.1, 0.15) is 20.8 Å². The Hall–Kier alpha value is -0.690. The molecule has 1 aliphatic rings. The summed E-state index contributed by atoms with van der Waals surface area (Å²) in [5.74, 6) is -1.35. The van der Waals surface area contributed by atoms with E-state index in [0.717, 1.165) is 0 Å². The van der Waals surface area contributed by atoms with Gasteiger partial charge in [-0.3, -0.25) is 0 Å². The van der Waals surface area contributed by atoms with E-state index >= 15 is 0 Å². The zero-order chi connectivity index (χ0) is 12.7. The first-order chi connectivity index (χ1) is 7.16. The Bertz CT molecular complexity index is 271. The van der Waals surface area contributed by atoms with Crippen LogP contribution in [0.5, 0.6) is 0 Å². The Morgan fingerprint density at radius 2 is 1.56 bits per heavy atom. The number of aliphatic hydroxyl groups is 3. The molecule has 0 saturated carbocycles. The molecule has 1 heterocycles. The maximum Gasteiger partial charge on any atom is 0.335 e. The third-order valence-electron chi connectivity index (χ3n) is 2.71. The van der Waals surface area contributed by atoms with Gasteiger partial charge in [-0.2, -0.15) is 0 Å². The first-order valence-electron chi connectivity index (χ1n) is 5.08. The lowest BCUT2D eigenvalue weighted by atomic mass is 9.80. The number of hydrogen-bond acceptors (Lipinski definition) is 5. The van der Waals surface area contributed by atoms with E-state index in [4.69, 9.17) is 9.84 Å². The SMILES string of the molecule is CC(C)(C)[C@H]1O[C@@H](C(=O)O)[C@H](O)[C@@H](O)[C@@H]1O. The van der Waals surface area contributed by atoms with Crippen molar-refractivity contribution in [3.05, 3.63) is 0 Å². The Kier molecular flexibility index (Phi) is 3.59. The van der Waals surface area contributed by atoms with E-state index in [-0.39, 0.29) is 0 Å². The van der Waals surface area contributed by atoms with Gasteiger partial charge in [0.25, 0.3) is 0 Å². The quantitative estimate of drug-likeness (QED) is 0.462. The van der Waals surface area contributed by atoms with Gasteiger partial charge in [-0.05, 0) is 5.41 Å². The predicted molar refractivity (Wildman–Crippen MR) is 53.8 cm³/mol. The Morgan fingerprint density at radius 3 is 1.94 bits per heavy atom. The molecule has 0 amide bonds. The molecule has 1 fully saturated rings. The van der Waals surface area contributed by atoms with Crippen molar-refractivity contribution >= 4 is 5.97 Å². The lowest BCUT2D eigenvalue weighted by molar-refractivity contribution is -0.246. The highest BCUT2D eigenvalue weighted by Crippen LogP contribution is 2.32. The number of rotatable bonds is 1. The lowest BCUT2D eigenvalue weighted by Gasteiger charge is -2.44. The summed E-state index contributed by atoms with van der Waals surface area (Å²) in [5.41, 5.74) is -0.533. The number of carboxylic acids is 1. The van der Waals surface area contributed by atoms with Crippen LogP contribution in [-0.2, 0) is 9.53 Å². The van der Waals surface area contributed by atoms with E-state index in [1.807, 2.05) is 0 Å². The highest BCUT2D eigenvalue weighted by molar-refractivity contribution is 5.73. The van der Waals surface area contributed by atoms with Crippen molar-refractivity contribution in [2.75, 3.05) is 0 Å². The number of carbonyl (C=O) groups is 1. The minimum absolute atomic E-state index is 0.533. The van der Waals surface area contributed by atoms with Crippen LogP contribution in [0.2, 0.25) is 0 Å². The van der Waals surface area contributed by atoms with Crippen LogP contribution in [0.15, 0.2) is 0 Å². The molecule has 0 aliphatic carbocycles. The summed E-state index contributed by atoms with van der Waals surface area (Å²) >= 11 is 0. The fourth-order valence-corrected chi connectivity index (χ4v) is 1.80. The molecule has 0 aromatic carbocycles. The number of carboxylic acid groups (broad SMARTS) is 1. The Balaban J connectivity index is 2.94. The van der Waals surface area contributed by atoms with Gasteiger partial charge in [-0.1, -0.05) is 20.8 Å². The molecule has 1 aliphatic heterocycles. The molecule has 6 nitrogen and oxygen atoms in total. The van der Waals surface area contributed by atoms with Gasteiger partial charge in [0.05, 0.1) is 6.10 Å². The molecule has 1 saturated heterocycles. The zero-order valence-corrected chi connectivity index (χ0v) is 9.49. The van der Waals surface area contributed by atoms with Crippen molar-refractivity contribution in [1.29, 1.82) is 0 Å². The van der Waals surface area contributed by atoms with Gasteiger partial charge < -0.3 is 25.2 Å². The first-order valence-corrected chi connectivity index (χ1v) is 5.08. The van der Waals surface area contributed by atoms with Gasteiger partial charge in [0, 0.05) is 0 Å². The summed E-state index contributed by atoms with van der Waals surface area (Å²) in [4.78, 5) is 10.8. The standard InChI is InChI=1S/C10H18O6/c1-10(2,3)8-6(13)4(11)5(12)7(16-8)9(14)15/h4-8,11-13H,1-3H3,(H,14,15)/t4-,5-,6+,7-,8+/m1/s1. The largest absolute Gasteiger partial charge is 0.479 e. The third kappa shape index (κ3) is 2.35. The normalized spacial score (nSPS) is 40.8. The molecule has 16 heavy (non-hydrogen) atoms. The van der Waals surface area contributed by atoms with Crippen LogP contribution in [0.4, 0.5) is 0 Å². The highest BCUT2D eigenvalue weighted by Gasteiger charge is 2.50. The summed E-state index contributed by atoms with van der Waals surface area (Å²) in [7, 11) is 0. The molecular weight excluding hydrogens is 216 g/mol. The highest BCUT2D eigenvalue weighted by atomic mass is 16.6. The van der Waals surface area contributed by atoms with Gasteiger partial charge in [0.15, 0.2) is 6.10 Å². The minimum Gasteiger partial charge on any atom is -0.479 e. The van der Waals surface area contributed by atoms with Crippen LogP contribution in [-0.4, -0.2) is 56.9 Å². The van der Waals surface area contributed by atoms with Gasteiger partial charge >= 0.3 is 5.97 Å². The number of hydrogen-bond donors (Lipinski definition) is 4. The second-order valence-electron chi connectivity index (χ2n) is 5.15. The molecule has 94 valence electrons. The van der Waals surface area contributed by atoms with E-state index in [9.17, 15) is 20.1 Å². The average Bonchev–Trinajstić information content (AvgIpc) is 2.11. The second-order valence-corrected chi connectivity index (χ2v) is 5.15. The van der Waals surface area contributed by atoms with Gasteiger partial charge in [0.2, 0.25) is 0 Å². The van der Waals surface area contributed by atoms with Crippen LogP contribution >= 0.6 is 0 Å². The van der Waals surface area contributed by atoms with Crippen molar-refractivity contribution in [1.82, 2.24) is 0 Å². The molecule has 0 unspecified atom stereocenters. The van der Waals surface area contributed by atoms with Crippen LogP contribution in [0, 0.1) is 5.41 Å². The van der Waals surface area contributed by atoms with Crippen molar-refractivity contribution < 1.29 is 30.0 Å². The summed E-state index contributed by atoms with van der Waals surface area (Å²) in [5, 5.41) is 37.5. The summed E-state index contributed by atoms with van der Waals surface area (Å²) in [6.07, 6.45) is -6.79. The molecule has 1 rings (SSSR count). The first kappa shape index (κ1) is 13.4. The van der Waals surface area contributed by atoms with Gasteiger partial charge in [-0.25, -0.2) is 4.79 Å². The smallest absolute Gasteiger partial charge is 0.335 e. The minimum atomic E-state index is -1.62. The molecule has 0 aromatic rings. The van der Waals surface area contributed by atoms with Gasteiger partial charge in [-0.15, -0.1) is 0 Å². The van der Waals surface area contributed by atoms with E-state index < -0.39 is 41.9 Å². The predicted octanol–water partition coefficient (Wildman–Crippen LogP) is -1.03. The summed E-state index contributed by atoms with van der Waals surface area (Å²) in [6, 6.07) is 0. The molecule has 6 heteroatoms. The van der Waals surface area contributed by atoms with Crippen LogP contribution in [0.25, 0.3) is 0 Å².